The summed E-state index contributed by atoms with van der Waals surface area (Å²) in [5.74, 6) is -0.138. The monoisotopic (exact) mass is 419 g/mol. The van der Waals surface area contributed by atoms with E-state index in [4.69, 9.17) is 12.2 Å². The Morgan fingerprint density at radius 3 is 2.32 bits per heavy atom. The largest absolute Gasteiger partial charge is 0.332 e. The summed E-state index contributed by atoms with van der Waals surface area (Å²) >= 11 is 5.11. The van der Waals surface area contributed by atoms with Crippen molar-refractivity contribution in [3.63, 3.8) is 0 Å². The van der Waals surface area contributed by atoms with Gasteiger partial charge < -0.3 is 10.6 Å². The molecule has 28 heavy (non-hydrogen) atoms. The normalized spacial score (nSPS) is 11.2. The Hall–Kier alpha value is -2.29. The van der Waals surface area contributed by atoms with Crippen molar-refractivity contribution in [1.82, 2.24) is 9.62 Å². The van der Waals surface area contributed by atoms with Gasteiger partial charge in [-0.2, -0.15) is 4.31 Å². The van der Waals surface area contributed by atoms with Crippen molar-refractivity contribution in [3.05, 3.63) is 60.2 Å². The summed E-state index contributed by atoms with van der Waals surface area (Å²) in [6.45, 7) is 2.30. The van der Waals surface area contributed by atoms with Crippen LogP contribution >= 0.6 is 12.2 Å². The molecule has 0 spiro atoms. The van der Waals surface area contributed by atoms with E-state index < -0.39 is 10.0 Å². The second-order valence-corrected chi connectivity index (χ2v) is 8.83. The summed E-state index contributed by atoms with van der Waals surface area (Å²) in [7, 11) is -2.06. The van der Waals surface area contributed by atoms with Crippen molar-refractivity contribution in [2.24, 2.45) is 0 Å². The van der Waals surface area contributed by atoms with Crippen molar-refractivity contribution in [1.29, 1.82) is 0 Å². The van der Waals surface area contributed by atoms with Gasteiger partial charge in [0.15, 0.2) is 5.11 Å². The predicted molar refractivity (Wildman–Crippen MR) is 115 cm³/mol. The number of benzene rings is 2. The number of thiocarbonyl (C=S) groups is 1. The Kier molecular flexibility index (Phi) is 8.10. The maximum atomic E-state index is 12.7. The summed E-state index contributed by atoms with van der Waals surface area (Å²) in [5.41, 5.74) is 1.52. The lowest BCUT2D eigenvalue weighted by atomic mass is 10.2. The average Bonchev–Trinajstić information content (AvgIpc) is 2.67. The van der Waals surface area contributed by atoms with Crippen LogP contribution in [-0.4, -0.2) is 30.8 Å². The maximum Gasteiger partial charge on any atom is 0.243 e. The first kappa shape index (κ1) is 22.0. The number of sulfonamides is 1. The van der Waals surface area contributed by atoms with Gasteiger partial charge in [-0.05, 0) is 48.5 Å². The predicted octanol–water partition coefficient (Wildman–Crippen LogP) is 3.51. The number of nitrogens with zero attached hydrogens (tertiary/aromatic N) is 1. The smallest absolute Gasteiger partial charge is 0.243 e. The van der Waals surface area contributed by atoms with E-state index >= 15 is 0 Å². The molecule has 2 aromatic carbocycles. The highest BCUT2D eigenvalue weighted by Gasteiger charge is 2.20. The fourth-order valence-corrected chi connectivity index (χ4v) is 3.90. The fraction of sp³-hybridized carbons (Fsp3) is 0.300. The number of anilines is 1. The molecule has 2 aromatic rings. The number of hydrogen-bond acceptors (Lipinski definition) is 4. The summed E-state index contributed by atoms with van der Waals surface area (Å²) in [6, 6.07) is 15.7. The van der Waals surface area contributed by atoms with E-state index in [2.05, 4.69) is 10.6 Å². The molecule has 0 aliphatic rings. The minimum absolute atomic E-state index is 0.138. The molecule has 0 aliphatic carbocycles. The molecule has 6 nitrogen and oxygen atoms in total. The minimum Gasteiger partial charge on any atom is -0.332 e. The van der Waals surface area contributed by atoms with Crippen LogP contribution in [0.2, 0.25) is 0 Å². The Balaban J connectivity index is 1.98. The van der Waals surface area contributed by atoms with Crippen LogP contribution in [0.25, 0.3) is 0 Å². The Labute approximate surface area is 172 Å². The molecule has 150 valence electrons. The lowest BCUT2D eigenvalue weighted by Gasteiger charge is -2.17. The maximum absolute atomic E-state index is 12.7. The molecule has 0 unspecified atom stereocenters. The zero-order valence-corrected chi connectivity index (χ0v) is 17.6. The average molecular weight is 420 g/mol. The van der Waals surface area contributed by atoms with Gasteiger partial charge in [-0.15, -0.1) is 0 Å². The van der Waals surface area contributed by atoms with E-state index in [1.165, 1.54) is 16.4 Å². The second-order valence-electron chi connectivity index (χ2n) is 6.38. The number of amides is 1. The number of unbranched alkanes of at least 4 members (excludes halogenated alkanes) is 1. The first-order chi connectivity index (χ1) is 13.3. The molecule has 0 heterocycles. The van der Waals surface area contributed by atoms with Crippen LogP contribution in [0.5, 0.6) is 0 Å². The summed E-state index contributed by atoms with van der Waals surface area (Å²) in [4.78, 5) is 11.9. The second kappa shape index (κ2) is 10.3. The first-order valence-electron chi connectivity index (χ1n) is 9.04. The van der Waals surface area contributed by atoms with Gasteiger partial charge in [0.25, 0.3) is 0 Å². The third-order valence-corrected chi connectivity index (χ3v) is 6.10. The zero-order chi connectivity index (χ0) is 20.6. The van der Waals surface area contributed by atoms with Gasteiger partial charge in [0, 0.05) is 25.7 Å². The molecule has 0 radical (unpaired) electrons. The molecule has 0 aromatic heterocycles. The van der Waals surface area contributed by atoms with E-state index in [-0.39, 0.29) is 22.5 Å². The number of carbonyl (C=O) groups excluding carboxylic acids is 1. The molecule has 1 amide bonds. The highest BCUT2D eigenvalue weighted by molar-refractivity contribution is 7.89. The molecule has 0 bridgehead atoms. The van der Waals surface area contributed by atoms with Gasteiger partial charge in [0.05, 0.1) is 4.90 Å². The van der Waals surface area contributed by atoms with Crippen LogP contribution in [0.4, 0.5) is 5.69 Å². The number of hydrogen-bond donors (Lipinski definition) is 2. The summed E-state index contributed by atoms with van der Waals surface area (Å²) in [5, 5.41) is 5.69. The Bertz CT molecular complexity index is 898. The van der Waals surface area contributed by atoms with Gasteiger partial charge in [-0.3, -0.25) is 4.79 Å². The van der Waals surface area contributed by atoms with Crippen LogP contribution in [0.15, 0.2) is 59.5 Å². The minimum atomic E-state index is -3.61. The van der Waals surface area contributed by atoms with Crippen molar-refractivity contribution in [2.45, 2.75) is 37.6 Å². The standard InChI is InChI=1S/C20H25N3O3S2/c1-3-4-10-19(24)22-20(27)21-17-11-13-18(14-12-17)28(25,26)23(2)15-16-8-6-5-7-9-16/h5-9,11-14H,3-4,10,15H2,1-2H3,(H2,21,22,24,27). The fourth-order valence-electron chi connectivity index (χ4n) is 2.50. The van der Waals surface area contributed by atoms with Crippen molar-refractivity contribution in [3.8, 4) is 0 Å². The van der Waals surface area contributed by atoms with Crippen molar-refractivity contribution >= 4 is 38.9 Å². The van der Waals surface area contributed by atoms with Crippen LogP contribution in [-0.2, 0) is 21.4 Å². The Morgan fingerprint density at radius 1 is 1.07 bits per heavy atom. The number of nitrogens with one attached hydrogen (secondary N) is 2. The van der Waals surface area contributed by atoms with E-state index in [1.807, 2.05) is 37.3 Å². The molecule has 2 N–H and O–H groups in total. The molecule has 2 rings (SSSR count). The van der Waals surface area contributed by atoms with Crippen LogP contribution in [0.3, 0.4) is 0 Å². The van der Waals surface area contributed by atoms with Gasteiger partial charge in [0.2, 0.25) is 15.9 Å². The quantitative estimate of drug-likeness (QED) is 0.640. The third-order valence-electron chi connectivity index (χ3n) is 4.08. The van der Waals surface area contributed by atoms with E-state index in [0.29, 0.717) is 12.1 Å². The number of rotatable bonds is 8. The van der Waals surface area contributed by atoms with E-state index in [1.54, 1.807) is 19.2 Å². The highest BCUT2D eigenvalue weighted by atomic mass is 32.2. The Morgan fingerprint density at radius 2 is 1.71 bits per heavy atom. The van der Waals surface area contributed by atoms with Crippen LogP contribution in [0, 0.1) is 0 Å². The molecule has 0 saturated heterocycles. The molecule has 8 heteroatoms. The highest BCUT2D eigenvalue weighted by Crippen LogP contribution is 2.19. The van der Waals surface area contributed by atoms with Gasteiger partial charge in [0.1, 0.15) is 0 Å². The lowest BCUT2D eigenvalue weighted by molar-refractivity contribution is -0.119. The molecule has 0 atom stereocenters. The van der Waals surface area contributed by atoms with Gasteiger partial charge in [-0.1, -0.05) is 43.7 Å². The molecule has 0 fully saturated rings. The summed E-state index contributed by atoms with van der Waals surface area (Å²) < 4.78 is 26.8. The number of carbonyl (C=O) groups is 1. The lowest BCUT2D eigenvalue weighted by Crippen LogP contribution is -2.33. The third kappa shape index (κ3) is 6.40. The van der Waals surface area contributed by atoms with Gasteiger partial charge >= 0.3 is 0 Å². The van der Waals surface area contributed by atoms with Crippen LogP contribution in [0.1, 0.15) is 31.7 Å². The first-order valence-corrected chi connectivity index (χ1v) is 10.9. The van der Waals surface area contributed by atoms with Crippen LogP contribution < -0.4 is 10.6 Å². The zero-order valence-electron chi connectivity index (χ0n) is 16.0. The topological polar surface area (TPSA) is 78.5 Å². The van der Waals surface area contributed by atoms with Crippen molar-refractivity contribution < 1.29 is 13.2 Å². The van der Waals surface area contributed by atoms with E-state index in [9.17, 15) is 13.2 Å². The molecular formula is C20H25N3O3S2. The molecule has 0 aliphatic heterocycles. The van der Waals surface area contributed by atoms with Crippen molar-refractivity contribution in [2.75, 3.05) is 12.4 Å². The summed E-state index contributed by atoms with van der Waals surface area (Å²) in [6.07, 6.45) is 2.16. The van der Waals surface area contributed by atoms with Gasteiger partial charge in [-0.25, -0.2) is 8.42 Å². The SMILES string of the molecule is CCCCC(=O)NC(=S)Nc1ccc(S(=O)(=O)N(C)Cc2ccccc2)cc1. The molecular weight excluding hydrogens is 394 g/mol. The van der Waals surface area contributed by atoms with E-state index in [0.717, 1.165) is 18.4 Å². The molecule has 0 saturated carbocycles.